The van der Waals surface area contributed by atoms with E-state index in [0.717, 1.165) is 19.4 Å². The van der Waals surface area contributed by atoms with Crippen molar-refractivity contribution in [1.29, 1.82) is 0 Å². The predicted molar refractivity (Wildman–Crippen MR) is 81.9 cm³/mol. The molecule has 0 aliphatic carbocycles. The van der Waals surface area contributed by atoms with Crippen molar-refractivity contribution < 1.29 is 18.7 Å². The van der Waals surface area contributed by atoms with Crippen molar-refractivity contribution in [3.05, 3.63) is 24.2 Å². The molecule has 1 N–H and O–H groups in total. The van der Waals surface area contributed by atoms with Gasteiger partial charge in [-0.15, -0.1) is 0 Å². The lowest BCUT2D eigenvalue weighted by atomic mass is 10.2. The Hall–Kier alpha value is -1.82. The Labute approximate surface area is 130 Å². The number of nitrogens with zero attached hydrogens (tertiary/aromatic N) is 1. The average Bonchev–Trinajstić information content (AvgIpc) is 3.05. The minimum Gasteiger partial charge on any atom is -0.461 e. The van der Waals surface area contributed by atoms with Gasteiger partial charge in [0.2, 0.25) is 5.78 Å². The van der Waals surface area contributed by atoms with Crippen LogP contribution in [0.2, 0.25) is 0 Å². The van der Waals surface area contributed by atoms with Crippen molar-refractivity contribution in [2.45, 2.75) is 45.3 Å². The van der Waals surface area contributed by atoms with Gasteiger partial charge in [0, 0.05) is 12.6 Å². The molecule has 2 rings (SSSR count). The second-order valence-corrected chi connectivity index (χ2v) is 6.55. The summed E-state index contributed by atoms with van der Waals surface area (Å²) in [6.07, 6.45) is 3.06. The first-order valence-electron chi connectivity index (χ1n) is 7.63. The average molecular weight is 308 g/mol. The van der Waals surface area contributed by atoms with Gasteiger partial charge >= 0.3 is 6.09 Å². The molecule has 122 valence electrons. The van der Waals surface area contributed by atoms with Crippen LogP contribution in [0.25, 0.3) is 0 Å². The Bertz CT molecular complexity index is 505. The van der Waals surface area contributed by atoms with E-state index >= 15 is 0 Å². The number of rotatable bonds is 5. The molecule has 1 aromatic rings. The number of nitrogens with one attached hydrogen (secondary N) is 1. The molecular weight excluding hydrogens is 284 g/mol. The Balaban J connectivity index is 1.81. The molecule has 0 spiro atoms. The Morgan fingerprint density at radius 3 is 2.86 bits per heavy atom. The summed E-state index contributed by atoms with van der Waals surface area (Å²) >= 11 is 0. The molecule has 1 amide bonds. The smallest absolute Gasteiger partial charge is 0.407 e. The molecule has 0 radical (unpaired) electrons. The van der Waals surface area contributed by atoms with Crippen LogP contribution in [0.3, 0.4) is 0 Å². The highest BCUT2D eigenvalue weighted by Gasteiger charge is 2.28. The molecule has 1 aromatic heterocycles. The van der Waals surface area contributed by atoms with E-state index in [0.29, 0.717) is 18.8 Å². The number of carbonyl (C=O) groups is 2. The number of carbonyl (C=O) groups excluding carboxylic acids is 2. The third-order valence-electron chi connectivity index (χ3n) is 3.52. The lowest BCUT2D eigenvalue weighted by Gasteiger charge is -2.25. The third kappa shape index (κ3) is 4.87. The molecule has 1 aliphatic heterocycles. The zero-order valence-corrected chi connectivity index (χ0v) is 13.4. The van der Waals surface area contributed by atoms with Gasteiger partial charge in [0.15, 0.2) is 5.76 Å². The van der Waals surface area contributed by atoms with Crippen LogP contribution in [0, 0.1) is 0 Å². The molecule has 6 nitrogen and oxygen atoms in total. The summed E-state index contributed by atoms with van der Waals surface area (Å²) in [5.41, 5.74) is -0.505. The fourth-order valence-electron chi connectivity index (χ4n) is 2.55. The van der Waals surface area contributed by atoms with Crippen molar-refractivity contribution in [2.75, 3.05) is 19.6 Å². The Morgan fingerprint density at radius 1 is 1.45 bits per heavy atom. The SMILES string of the molecule is CC(C)(C)OC(=O)NCC1CCCN1CC(=O)c1ccco1. The molecule has 2 heterocycles. The number of hydrogen-bond acceptors (Lipinski definition) is 5. The number of likely N-dealkylation sites (tertiary alicyclic amines) is 1. The van der Waals surface area contributed by atoms with Crippen LogP contribution >= 0.6 is 0 Å². The van der Waals surface area contributed by atoms with Crippen molar-refractivity contribution in [2.24, 2.45) is 0 Å². The van der Waals surface area contributed by atoms with Crippen LogP contribution in [-0.2, 0) is 4.74 Å². The van der Waals surface area contributed by atoms with Gasteiger partial charge in [-0.1, -0.05) is 0 Å². The zero-order valence-electron chi connectivity index (χ0n) is 13.4. The van der Waals surface area contributed by atoms with Gasteiger partial charge in [-0.05, 0) is 52.3 Å². The summed E-state index contributed by atoms with van der Waals surface area (Å²) in [6, 6.07) is 3.54. The van der Waals surface area contributed by atoms with Crippen LogP contribution in [0.15, 0.2) is 22.8 Å². The van der Waals surface area contributed by atoms with E-state index in [1.54, 1.807) is 12.1 Å². The highest BCUT2D eigenvalue weighted by atomic mass is 16.6. The fourth-order valence-corrected chi connectivity index (χ4v) is 2.55. The number of alkyl carbamates (subject to hydrolysis) is 1. The third-order valence-corrected chi connectivity index (χ3v) is 3.52. The van der Waals surface area contributed by atoms with Crippen LogP contribution < -0.4 is 5.32 Å². The maximum atomic E-state index is 12.1. The summed E-state index contributed by atoms with van der Waals surface area (Å²) in [7, 11) is 0. The van der Waals surface area contributed by atoms with Gasteiger partial charge in [-0.25, -0.2) is 4.79 Å². The van der Waals surface area contributed by atoms with E-state index in [1.807, 2.05) is 20.8 Å². The first-order valence-corrected chi connectivity index (χ1v) is 7.63. The van der Waals surface area contributed by atoms with Crippen molar-refractivity contribution >= 4 is 11.9 Å². The molecule has 0 saturated carbocycles. The number of amides is 1. The summed E-state index contributed by atoms with van der Waals surface area (Å²) in [5.74, 6) is 0.347. The van der Waals surface area contributed by atoms with E-state index in [-0.39, 0.29) is 11.8 Å². The van der Waals surface area contributed by atoms with Gasteiger partial charge in [-0.3, -0.25) is 9.69 Å². The number of hydrogen-bond donors (Lipinski definition) is 1. The van der Waals surface area contributed by atoms with Crippen LogP contribution in [0.5, 0.6) is 0 Å². The molecule has 0 aromatic carbocycles. The first kappa shape index (κ1) is 16.5. The quantitative estimate of drug-likeness (QED) is 0.846. The first-order chi connectivity index (χ1) is 10.3. The summed E-state index contributed by atoms with van der Waals surface area (Å²) in [6.45, 7) is 7.14. The van der Waals surface area contributed by atoms with Crippen molar-refractivity contribution in [3.8, 4) is 0 Å². The summed E-state index contributed by atoms with van der Waals surface area (Å²) in [4.78, 5) is 25.9. The molecule has 0 bridgehead atoms. The molecule has 22 heavy (non-hydrogen) atoms. The highest BCUT2D eigenvalue weighted by Crippen LogP contribution is 2.17. The van der Waals surface area contributed by atoms with Gasteiger partial charge in [0.25, 0.3) is 0 Å². The number of Topliss-reactive ketones (excluding diaryl/α,β-unsaturated/α-hetero) is 1. The van der Waals surface area contributed by atoms with Gasteiger partial charge < -0.3 is 14.5 Å². The van der Waals surface area contributed by atoms with Crippen LogP contribution in [0.1, 0.15) is 44.2 Å². The number of furan rings is 1. The Kier molecular flexibility index (Phi) is 5.24. The molecule has 1 atom stereocenters. The van der Waals surface area contributed by atoms with Crippen LogP contribution in [0.4, 0.5) is 4.79 Å². The highest BCUT2D eigenvalue weighted by molar-refractivity contribution is 5.95. The van der Waals surface area contributed by atoms with Crippen LogP contribution in [-0.4, -0.2) is 48.1 Å². The second kappa shape index (κ2) is 6.96. The molecule has 1 unspecified atom stereocenters. The molecule has 1 aliphatic rings. The fraction of sp³-hybridized carbons (Fsp3) is 0.625. The van der Waals surface area contributed by atoms with E-state index in [2.05, 4.69) is 10.2 Å². The van der Waals surface area contributed by atoms with E-state index < -0.39 is 11.7 Å². The minimum absolute atomic E-state index is 0.0332. The monoisotopic (exact) mass is 308 g/mol. The van der Waals surface area contributed by atoms with Gasteiger partial charge in [0.05, 0.1) is 12.8 Å². The molecule has 1 saturated heterocycles. The number of ether oxygens (including phenoxy) is 1. The van der Waals surface area contributed by atoms with E-state index in [4.69, 9.17) is 9.15 Å². The number of ketones is 1. The zero-order chi connectivity index (χ0) is 16.2. The minimum atomic E-state index is -0.505. The molecule has 6 heteroatoms. The van der Waals surface area contributed by atoms with Crippen molar-refractivity contribution in [3.63, 3.8) is 0 Å². The normalized spacial score (nSPS) is 19.1. The Morgan fingerprint density at radius 2 is 2.23 bits per heavy atom. The standard InChI is InChI=1S/C16H24N2O4/c1-16(2,3)22-15(20)17-10-12-6-4-8-18(12)11-13(19)14-7-5-9-21-14/h5,7,9,12H,4,6,8,10-11H2,1-3H3,(H,17,20). The maximum absolute atomic E-state index is 12.1. The second-order valence-electron chi connectivity index (χ2n) is 6.55. The topological polar surface area (TPSA) is 71.8 Å². The largest absolute Gasteiger partial charge is 0.461 e. The van der Waals surface area contributed by atoms with E-state index in [9.17, 15) is 9.59 Å². The lowest BCUT2D eigenvalue weighted by Crippen LogP contribution is -2.43. The summed E-state index contributed by atoms with van der Waals surface area (Å²) in [5, 5.41) is 2.78. The van der Waals surface area contributed by atoms with Crippen molar-refractivity contribution in [1.82, 2.24) is 10.2 Å². The van der Waals surface area contributed by atoms with Gasteiger partial charge in [0.1, 0.15) is 5.60 Å². The maximum Gasteiger partial charge on any atom is 0.407 e. The lowest BCUT2D eigenvalue weighted by molar-refractivity contribution is 0.0513. The molecular formula is C16H24N2O4. The molecule has 1 fully saturated rings. The van der Waals surface area contributed by atoms with E-state index in [1.165, 1.54) is 6.26 Å². The van der Waals surface area contributed by atoms with Gasteiger partial charge in [-0.2, -0.15) is 0 Å². The predicted octanol–water partition coefficient (Wildman–Crippen LogP) is 2.45. The summed E-state index contributed by atoms with van der Waals surface area (Å²) < 4.78 is 10.4.